The van der Waals surface area contributed by atoms with Gasteiger partial charge in [-0.3, -0.25) is 4.79 Å². The minimum absolute atomic E-state index is 0.00709. The van der Waals surface area contributed by atoms with Crippen molar-refractivity contribution in [3.05, 3.63) is 41.2 Å². The Labute approximate surface area is 164 Å². The van der Waals surface area contributed by atoms with Gasteiger partial charge in [0.05, 0.1) is 5.75 Å². The van der Waals surface area contributed by atoms with Gasteiger partial charge < -0.3 is 5.32 Å². The lowest BCUT2D eigenvalue weighted by Crippen LogP contribution is -2.16. The van der Waals surface area contributed by atoms with E-state index >= 15 is 0 Å². The van der Waals surface area contributed by atoms with E-state index in [1.54, 1.807) is 0 Å². The van der Waals surface area contributed by atoms with Gasteiger partial charge in [-0.15, -0.1) is 11.8 Å². The number of nitrogens with one attached hydrogen (secondary N) is 1. The van der Waals surface area contributed by atoms with E-state index in [1.165, 1.54) is 17.3 Å². The van der Waals surface area contributed by atoms with E-state index < -0.39 is 0 Å². The Hall–Kier alpha value is -1.53. The maximum Gasteiger partial charge on any atom is 0.234 e. The molecule has 0 saturated heterocycles. The fourth-order valence-electron chi connectivity index (χ4n) is 3.35. The largest absolute Gasteiger partial charge is 0.325 e. The van der Waals surface area contributed by atoms with Gasteiger partial charge in [0.1, 0.15) is 15.9 Å². The van der Waals surface area contributed by atoms with Crippen LogP contribution in [0, 0.1) is 6.92 Å². The lowest BCUT2D eigenvalue weighted by Gasteiger charge is -2.15. The van der Waals surface area contributed by atoms with Crippen LogP contribution in [0.1, 0.15) is 50.1 Å². The molecule has 0 radical (unpaired) electrons. The molecule has 0 saturated carbocycles. The smallest absolute Gasteiger partial charge is 0.234 e. The fourth-order valence-corrected chi connectivity index (χ4v) is 5.76. The summed E-state index contributed by atoms with van der Waals surface area (Å²) in [5.41, 5.74) is 3.29. The molecule has 1 aromatic heterocycles. The Morgan fingerprint density at radius 2 is 2.04 bits per heavy atom. The van der Waals surface area contributed by atoms with Crippen LogP contribution in [0.4, 0.5) is 5.69 Å². The average molecular weight is 388 g/mol. The summed E-state index contributed by atoms with van der Waals surface area (Å²) in [6.45, 7) is 8.47. The van der Waals surface area contributed by atoms with Gasteiger partial charge in [-0.25, -0.2) is 9.97 Å². The Balaban J connectivity index is 1.73. The first kappa shape index (κ1) is 19.2. The van der Waals surface area contributed by atoms with Crippen molar-refractivity contribution in [3.8, 4) is 0 Å². The van der Waals surface area contributed by atoms with Crippen molar-refractivity contribution in [3.63, 3.8) is 0 Å². The van der Waals surface area contributed by atoms with Crippen molar-refractivity contribution in [2.45, 2.75) is 61.8 Å². The molecular formula is C20H25N3OS2. The molecular weight excluding hydrogens is 362 g/mol. The van der Waals surface area contributed by atoms with Crippen molar-refractivity contribution in [2.75, 3.05) is 11.1 Å². The standard InChI is InChI=1S/C20H25N3OS2/c1-5-14-9-7-8-10-16(14)23-17(24)11-25-19-18-15(6-2)12(3)26-20(18)22-13(4)21-19/h7-10,12,15H,5-6,11H2,1-4H3,(H,23,24)/t12-,15+/m1/s1. The minimum atomic E-state index is 0.00709. The molecule has 26 heavy (non-hydrogen) atoms. The highest BCUT2D eigenvalue weighted by atomic mass is 32.2. The Morgan fingerprint density at radius 1 is 1.27 bits per heavy atom. The number of fused-ring (bicyclic) bond motifs is 1. The number of rotatable bonds is 6. The summed E-state index contributed by atoms with van der Waals surface area (Å²) in [5.74, 6) is 1.60. The first-order valence-corrected chi connectivity index (χ1v) is 11.0. The third kappa shape index (κ3) is 4.07. The molecule has 1 aliphatic heterocycles. The molecule has 0 unspecified atom stereocenters. The summed E-state index contributed by atoms with van der Waals surface area (Å²) in [4.78, 5) is 21.7. The van der Waals surface area contributed by atoms with E-state index in [2.05, 4.69) is 36.1 Å². The average Bonchev–Trinajstić information content (AvgIpc) is 2.94. The number of aryl methyl sites for hydroxylation is 2. The van der Waals surface area contributed by atoms with Gasteiger partial charge in [0.25, 0.3) is 0 Å². The lowest BCUT2D eigenvalue weighted by atomic mass is 9.96. The van der Waals surface area contributed by atoms with Gasteiger partial charge >= 0.3 is 0 Å². The van der Waals surface area contributed by atoms with Crippen molar-refractivity contribution in [1.29, 1.82) is 0 Å². The fraction of sp³-hybridized carbons (Fsp3) is 0.450. The van der Waals surface area contributed by atoms with Gasteiger partial charge in [0.2, 0.25) is 5.91 Å². The number of carbonyl (C=O) groups is 1. The van der Waals surface area contributed by atoms with Crippen LogP contribution in [0.15, 0.2) is 34.3 Å². The van der Waals surface area contributed by atoms with E-state index in [1.807, 2.05) is 43.0 Å². The van der Waals surface area contributed by atoms with Gasteiger partial charge in [-0.2, -0.15) is 0 Å². The highest BCUT2D eigenvalue weighted by molar-refractivity contribution is 8.01. The second-order valence-corrected chi connectivity index (χ2v) is 8.81. The molecule has 0 aliphatic carbocycles. The molecule has 1 aliphatic rings. The maximum absolute atomic E-state index is 12.5. The highest BCUT2D eigenvalue weighted by Crippen LogP contribution is 2.48. The molecule has 3 rings (SSSR count). The predicted molar refractivity (Wildman–Crippen MR) is 110 cm³/mol. The first-order valence-electron chi connectivity index (χ1n) is 9.09. The molecule has 1 aromatic carbocycles. The molecule has 0 fully saturated rings. The number of hydrogen-bond donors (Lipinski definition) is 1. The van der Waals surface area contributed by atoms with Crippen LogP contribution in [-0.4, -0.2) is 26.9 Å². The Bertz CT molecular complexity index is 810. The summed E-state index contributed by atoms with van der Waals surface area (Å²) in [7, 11) is 0. The summed E-state index contributed by atoms with van der Waals surface area (Å²) in [6, 6.07) is 7.96. The summed E-state index contributed by atoms with van der Waals surface area (Å²) in [5, 5.41) is 5.61. The predicted octanol–water partition coefficient (Wildman–Crippen LogP) is 5.07. The zero-order chi connectivity index (χ0) is 18.7. The Kier molecular flexibility index (Phi) is 6.24. The number of carbonyl (C=O) groups excluding carboxylic acids is 1. The van der Waals surface area contributed by atoms with E-state index in [0.29, 0.717) is 16.9 Å². The lowest BCUT2D eigenvalue weighted by molar-refractivity contribution is -0.113. The van der Waals surface area contributed by atoms with Gasteiger partial charge in [0.15, 0.2) is 0 Å². The number of benzene rings is 1. The van der Waals surface area contributed by atoms with Crippen LogP contribution < -0.4 is 5.32 Å². The number of amides is 1. The SMILES string of the molecule is CCc1ccccc1NC(=O)CSc1nc(C)nc2c1[C@@H](CC)[C@@H](C)S2. The number of nitrogens with zero attached hydrogens (tertiary/aromatic N) is 2. The normalized spacial score (nSPS) is 18.6. The molecule has 0 spiro atoms. The Morgan fingerprint density at radius 3 is 2.77 bits per heavy atom. The number of hydrogen-bond acceptors (Lipinski definition) is 5. The molecule has 1 N–H and O–H groups in total. The van der Waals surface area contributed by atoms with E-state index in [0.717, 1.165) is 40.0 Å². The van der Waals surface area contributed by atoms with Crippen LogP contribution in [0.5, 0.6) is 0 Å². The molecule has 6 heteroatoms. The van der Waals surface area contributed by atoms with Crippen LogP contribution in [0.3, 0.4) is 0 Å². The van der Waals surface area contributed by atoms with Crippen LogP contribution >= 0.6 is 23.5 Å². The van der Waals surface area contributed by atoms with Crippen molar-refractivity contribution < 1.29 is 4.79 Å². The molecule has 0 bridgehead atoms. The van der Waals surface area contributed by atoms with Crippen LogP contribution in [-0.2, 0) is 11.2 Å². The van der Waals surface area contributed by atoms with E-state index in [-0.39, 0.29) is 5.91 Å². The molecule has 2 atom stereocenters. The second-order valence-electron chi connectivity index (χ2n) is 6.48. The summed E-state index contributed by atoms with van der Waals surface area (Å²) < 4.78 is 0. The number of aromatic nitrogens is 2. The first-order chi connectivity index (χ1) is 12.5. The van der Waals surface area contributed by atoms with Crippen molar-refractivity contribution in [1.82, 2.24) is 9.97 Å². The van der Waals surface area contributed by atoms with E-state index in [9.17, 15) is 4.79 Å². The molecule has 138 valence electrons. The van der Waals surface area contributed by atoms with Crippen LogP contribution in [0.2, 0.25) is 0 Å². The van der Waals surface area contributed by atoms with Gasteiger partial charge in [-0.1, -0.05) is 50.7 Å². The second kappa shape index (κ2) is 8.44. The van der Waals surface area contributed by atoms with Gasteiger partial charge in [0, 0.05) is 22.4 Å². The summed E-state index contributed by atoms with van der Waals surface area (Å²) in [6.07, 6.45) is 1.97. The molecule has 4 nitrogen and oxygen atoms in total. The monoisotopic (exact) mass is 387 g/mol. The maximum atomic E-state index is 12.5. The topological polar surface area (TPSA) is 54.9 Å². The van der Waals surface area contributed by atoms with Crippen molar-refractivity contribution in [2.24, 2.45) is 0 Å². The zero-order valence-corrected chi connectivity index (χ0v) is 17.3. The highest BCUT2D eigenvalue weighted by Gasteiger charge is 2.33. The molecule has 2 heterocycles. The minimum Gasteiger partial charge on any atom is -0.325 e. The van der Waals surface area contributed by atoms with Crippen molar-refractivity contribution >= 4 is 35.1 Å². The van der Waals surface area contributed by atoms with E-state index in [4.69, 9.17) is 0 Å². The van der Waals surface area contributed by atoms with Crippen LogP contribution in [0.25, 0.3) is 0 Å². The number of para-hydroxylation sites is 1. The third-order valence-corrected chi connectivity index (χ3v) is 6.90. The summed E-state index contributed by atoms with van der Waals surface area (Å²) >= 11 is 3.35. The molecule has 1 amide bonds. The quantitative estimate of drug-likeness (QED) is 0.554. The van der Waals surface area contributed by atoms with Gasteiger partial charge in [-0.05, 0) is 31.4 Å². The zero-order valence-electron chi connectivity index (χ0n) is 15.7. The number of thioether (sulfide) groups is 2. The third-order valence-electron chi connectivity index (χ3n) is 4.67. The molecule has 2 aromatic rings. The number of anilines is 1.